The molecule has 0 aliphatic heterocycles. The first-order valence-corrected chi connectivity index (χ1v) is 19.5. The molecule has 0 aromatic rings. The van der Waals surface area contributed by atoms with Gasteiger partial charge in [-0.1, -0.05) is 130 Å². The van der Waals surface area contributed by atoms with Gasteiger partial charge in [0.25, 0.3) is 0 Å². The molecule has 0 fully saturated rings. The number of carbonyl (C=O) groups is 1. The van der Waals surface area contributed by atoms with Gasteiger partial charge in [-0.25, -0.2) is 0 Å². The van der Waals surface area contributed by atoms with Crippen LogP contribution < -0.4 is 0 Å². The number of rotatable bonds is 22. The van der Waals surface area contributed by atoms with Crippen molar-refractivity contribution in [2.45, 2.75) is 169 Å². The molecule has 38 heavy (non-hydrogen) atoms. The van der Waals surface area contributed by atoms with E-state index in [4.69, 9.17) is 20.9 Å². The zero-order valence-electron chi connectivity index (χ0n) is 26.5. The molecule has 0 aliphatic carbocycles. The molecule has 0 saturated heterocycles. The number of aliphatic hydroxyl groups excluding tert-OH is 1. The first kappa shape index (κ1) is 39.8. The van der Waals surface area contributed by atoms with Crippen LogP contribution in [-0.4, -0.2) is 42.9 Å². The minimum Gasteiger partial charge on any atom is -0.481 e. The number of halogens is 1. The van der Waals surface area contributed by atoms with Crippen molar-refractivity contribution < 1.29 is 19.7 Å². The van der Waals surface area contributed by atoms with E-state index in [1.165, 1.54) is 83.5 Å². The molecule has 0 rings (SSSR count). The molecule has 0 amide bonds. The fourth-order valence-electron chi connectivity index (χ4n) is 3.46. The Hall–Kier alpha value is -0.363. The second kappa shape index (κ2) is 23.4. The number of ether oxygens (including phenoxy) is 1. The predicted molar refractivity (Wildman–Crippen MR) is 170 cm³/mol. The highest BCUT2D eigenvalue weighted by atomic mass is 35.6. The molecule has 0 saturated carbocycles. The van der Waals surface area contributed by atoms with Crippen LogP contribution in [0.4, 0.5) is 0 Å². The standard InChI is InChI=1S/C26H50O4.C6H15ClSi/c1-4-5-6-7-8-9-10-11-12-13-14-15-16-17-18-19-22-30-23-24(27)20-21-26(2,3)25(28)29;1-6(2,3)8(4,5)7/h18-19,24,27H,4-17,20-23H2,1-3H3,(H,28,29);1-5H3/b19-18+;/t24-;/m1./s1. The maximum Gasteiger partial charge on any atom is 0.309 e. The molecule has 4 nitrogen and oxygen atoms in total. The van der Waals surface area contributed by atoms with E-state index in [2.05, 4.69) is 46.9 Å². The molecule has 1 atom stereocenters. The van der Waals surface area contributed by atoms with Crippen molar-refractivity contribution in [3.05, 3.63) is 12.2 Å². The lowest BCUT2D eigenvalue weighted by molar-refractivity contribution is -0.147. The largest absolute Gasteiger partial charge is 0.481 e. The average molecular weight is 577 g/mol. The van der Waals surface area contributed by atoms with Gasteiger partial charge in [0.2, 0.25) is 0 Å². The van der Waals surface area contributed by atoms with E-state index in [1.54, 1.807) is 13.8 Å². The summed E-state index contributed by atoms with van der Waals surface area (Å²) >= 11 is 6.15. The predicted octanol–water partition coefficient (Wildman–Crippen LogP) is 10.5. The van der Waals surface area contributed by atoms with E-state index in [1.807, 2.05) is 6.08 Å². The zero-order valence-corrected chi connectivity index (χ0v) is 28.3. The molecule has 0 aliphatic rings. The third-order valence-corrected chi connectivity index (χ3v) is 12.9. The number of carboxylic acid groups (broad SMARTS) is 1. The van der Waals surface area contributed by atoms with Crippen molar-refractivity contribution in [1.29, 1.82) is 0 Å². The first-order chi connectivity index (χ1) is 17.6. The fraction of sp³-hybridized carbons (Fsp3) is 0.906. The van der Waals surface area contributed by atoms with E-state index >= 15 is 0 Å². The monoisotopic (exact) mass is 576 g/mol. The van der Waals surface area contributed by atoms with E-state index in [9.17, 15) is 9.90 Å². The molecule has 0 unspecified atom stereocenters. The summed E-state index contributed by atoms with van der Waals surface area (Å²) in [6.07, 6.45) is 23.5. The van der Waals surface area contributed by atoms with Gasteiger partial charge in [-0.2, -0.15) is 11.1 Å². The normalized spacial score (nSPS) is 13.4. The quantitative estimate of drug-likeness (QED) is 0.0582. The summed E-state index contributed by atoms with van der Waals surface area (Å²) < 4.78 is 5.46. The minimum absolute atomic E-state index is 0.263. The SMILES string of the molecule is CC(C)(C)[Si](C)(C)Cl.CCCCCCCCCCCCCCC/C=C/COC[C@H](O)CCC(C)(C)C(=O)O. The molecule has 0 bridgehead atoms. The van der Waals surface area contributed by atoms with Gasteiger partial charge < -0.3 is 14.9 Å². The molecule has 228 valence electrons. The first-order valence-electron chi connectivity index (χ1n) is 15.5. The summed E-state index contributed by atoms with van der Waals surface area (Å²) in [5.74, 6) is -0.827. The number of hydrogen-bond acceptors (Lipinski definition) is 3. The number of aliphatic carboxylic acids is 1. The summed E-state index contributed by atoms with van der Waals surface area (Å²) in [4.78, 5) is 11.0. The van der Waals surface area contributed by atoms with Crippen molar-refractivity contribution in [3.8, 4) is 0 Å². The van der Waals surface area contributed by atoms with Crippen molar-refractivity contribution >= 4 is 24.4 Å². The van der Waals surface area contributed by atoms with Crippen LogP contribution in [0.1, 0.15) is 144 Å². The number of unbranched alkanes of at least 4 members (excludes halogenated alkanes) is 13. The lowest BCUT2D eigenvalue weighted by Crippen LogP contribution is -2.29. The van der Waals surface area contributed by atoms with Crippen molar-refractivity contribution in [2.24, 2.45) is 5.41 Å². The van der Waals surface area contributed by atoms with Gasteiger partial charge in [0.05, 0.1) is 24.7 Å². The van der Waals surface area contributed by atoms with Crippen LogP contribution in [0, 0.1) is 5.41 Å². The zero-order chi connectivity index (χ0) is 29.5. The smallest absolute Gasteiger partial charge is 0.309 e. The van der Waals surface area contributed by atoms with Crippen LogP contribution >= 0.6 is 11.1 Å². The number of aliphatic hydroxyl groups is 1. The maximum atomic E-state index is 11.0. The maximum absolute atomic E-state index is 11.0. The highest BCUT2D eigenvalue weighted by Crippen LogP contribution is 2.38. The van der Waals surface area contributed by atoms with Gasteiger partial charge in [0.15, 0.2) is 7.38 Å². The second-order valence-electron chi connectivity index (χ2n) is 13.1. The molecular weight excluding hydrogens is 512 g/mol. The second-order valence-corrected chi connectivity index (χ2v) is 20.4. The topological polar surface area (TPSA) is 66.8 Å². The van der Waals surface area contributed by atoms with E-state index < -0.39 is 24.9 Å². The molecule has 0 heterocycles. The Labute approximate surface area is 243 Å². The Bertz CT molecular complexity index is 567. The van der Waals surface area contributed by atoms with E-state index in [-0.39, 0.29) is 6.61 Å². The Morgan fingerprint density at radius 2 is 1.26 bits per heavy atom. The summed E-state index contributed by atoms with van der Waals surface area (Å²) in [5, 5.41) is 19.3. The van der Waals surface area contributed by atoms with Crippen LogP contribution in [0.3, 0.4) is 0 Å². The summed E-state index contributed by atoms with van der Waals surface area (Å²) in [6.45, 7) is 17.4. The van der Waals surface area contributed by atoms with E-state index in [0.29, 0.717) is 24.5 Å². The van der Waals surface area contributed by atoms with Crippen LogP contribution in [0.15, 0.2) is 12.2 Å². The molecule has 0 aromatic heterocycles. The van der Waals surface area contributed by atoms with Gasteiger partial charge in [-0.05, 0) is 44.6 Å². The molecule has 0 radical (unpaired) electrons. The van der Waals surface area contributed by atoms with Gasteiger partial charge in [-0.15, -0.1) is 0 Å². The third kappa shape index (κ3) is 25.9. The molecular formula is C32H65ClO4Si. The Kier molecular flexibility index (Phi) is 24.4. The Balaban J connectivity index is 0. The number of allylic oxidation sites excluding steroid dienone is 1. The van der Waals surface area contributed by atoms with Crippen molar-refractivity contribution in [2.75, 3.05) is 13.2 Å². The van der Waals surface area contributed by atoms with Crippen LogP contribution in [0.25, 0.3) is 0 Å². The molecule has 6 heteroatoms. The molecule has 2 N–H and O–H groups in total. The average Bonchev–Trinajstić information content (AvgIpc) is 2.81. The van der Waals surface area contributed by atoms with Crippen LogP contribution in [0.5, 0.6) is 0 Å². The Morgan fingerprint density at radius 3 is 1.66 bits per heavy atom. The fourth-order valence-corrected chi connectivity index (χ4v) is 3.46. The summed E-state index contributed by atoms with van der Waals surface area (Å²) in [5.41, 5.74) is -0.797. The van der Waals surface area contributed by atoms with Crippen molar-refractivity contribution in [1.82, 2.24) is 0 Å². The molecule has 0 spiro atoms. The van der Waals surface area contributed by atoms with Gasteiger partial charge in [0.1, 0.15) is 0 Å². The van der Waals surface area contributed by atoms with Gasteiger partial charge >= 0.3 is 5.97 Å². The summed E-state index contributed by atoms with van der Waals surface area (Å²) in [7, 11) is -1.39. The summed E-state index contributed by atoms with van der Waals surface area (Å²) in [6, 6.07) is 0. The number of hydrogen-bond donors (Lipinski definition) is 2. The number of carboxylic acids is 1. The highest BCUT2D eigenvalue weighted by Gasteiger charge is 2.32. The van der Waals surface area contributed by atoms with E-state index in [0.717, 1.165) is 6.42 Å². The minimum atomic E-state index is -1.39. The van der Waals surface area contributed by atoms with Crippen molar-refractivity contribution in [3.63, 3.8) is 0 Å². The third-order valence-electron chi connectivity index (χ3n) is 7.63. The highest BCUT2D eigenvalue weighted by molar-refractivity contribution is 7.20. The van der Waals surface area contributed by atoms with Gasteiger partial charge in [-0.3, -0.25) is 4.79 Å². The van der Waals surface area contributed by atoms with Crippen LogP contribution in [-0.2, 0) is 9.53 Å². The molecule has 0 aromatic carbocycles. The lowest BCUT2D eigenvalue weighted by Gasteiger charge is -2.29. The lowest BCUT2D eigenvalue weighted by atomic mass is 9.87. The Morgan fingerprint density at radius 1 is 0.842 bits per heavy atom. The van der Waals surface area contributed by atoms with Crippen LogP contribution in [0.2, 0.25) is 18.1 Å². The van der Waals surface area contributed by atoms with Gasteiger partial charge in [0, 0.05) is 0 Å².